The number of benzene rings is 1. The van der Waals surface area contributed by atoms with Crippen LogP contribution in [0.1, 0.15) is 73.7 Å². The van der Waals surface area contributed by atoms with Gasteiger partial charge in [-0.15, -0.1) is 0 Å². The lowest BCUT2D eigenvalue weighted by Crippen LogP contribution is -2.40. The molecule has 1 heterocycles. The second kappa shape index (κ2) is 10.4. The number of ketones is 1. The molecule has 1 aromatic rings. The van der Waals surface area contributed by atoms with E-state index in [-0.39, 0.29) is 17.6 Å². The van der Waals surface area contributed by atoms with Gasteiger partial charge in [0.15, 0.2) is 5.78 Å². The van der Waals surface area contributed by atoms with Crippen LogP contribution in [0.5, 0.6) is 0 Å². The fraction of sp³-hybridized carbons (Fsp3) is 0.542. The minimum atomic E-state index is -0.244. The summed E-state index contributed by atoms with van der Waals surface area (Å²) in [6.07, 6.45) is 10.9. The van der Waals surface area contributed by atoms with E-state index in [0.717, 1.165) is 25.9 Å². The Balaban J connectivity index is 1.42. The van der Waals surface area contributed by atoms with Gasteiger partial charge in [-0.3, -0.25) is 14.4 Å². The number of allylic oxidation sites excluding steroid dienone is 1. The molecule has 0 bridgehead atoms. The highest BCUT2D eigenvalue weighted by molar-refractivity contribution is 6.07. The van der Waals surface area contributed by atoms with E-state index in [9.17, 15) is 14.4 Å². The number of carbonyl (C=O) groups excluding carboxylic acids is 3. The second-order valence-electron chi connectivity index (χ2n) is 8.35. The van der Waals surface area contributed by atoms with Gasteiger partial charge in [0.05, 0.1) is 0 Å². The molecule has 5 nitrogen and oxygen atoms in total. The van der Waals surface area contributed by atoms with Crippen molar-refractivity contribution in [3.05, 3.63) is 47.5 Å². The van der Waals surface area contributed by atoms with Gasteiger partial charge < -0.3 is 10.2 Å². The van der Waals surface area contributed by atoms with E-state index in [0.29, 0.717) is 23.9 Å². The average molecular weight is 397 g/mol. The van der Waals surface area contributed by atoms with Crippen LogP contribution in [-0.4, -0.2) is 42.1 Å². The molecule has 156 valence electrons. The number of carbonyl (C=O) groups is 3. The summed E-state index contributed by atoms with van der Waals surface area (Å²) in [4.78, 5) is 37.6. The van der Waals surface area contributed by atoms with Gasteiger partial charge in [-0.2, -0.15) is 0 Å². The zero-order chi connectivity index (χ0) is 20.6. The number of nitrogens with zero attached hydrogens (tertiary/aromatic N) is 1. The lowest BCUT2D eigenvalue weighted by Gasteiger charge is -2.31. The number of rotatable bonds is 6. The number of hydrogen-bond acceptors (Lipinski definition) is 3. The number of likely N-dealkylation sites (tertiary alicyclic amines) is 1. The molecule has 1 saturated carbocycles. The molecule has 0 spiro atoms. The maximum absolute atomic E-state index is 12.3. The first kappa shape index (κ1) is 21.3. The van der Waals surface area contributed by atoms with Crippen LogP contribution in [0.2, 0.25) is 0 Å². The van der Waals surface area contributed by atoms with Crippen LogP contribution in [0.15, 0.2) is 36.4 Å². The van der Waals surface area contributed by atoms with Crippen LogP contribution < -0.4 is 5.32 Å². The summed E-state index contributed by atoms with van der Waals surface area (Å²) < 4.78 is 0. The smallest absolute Gasteiger partial charge is 0.244 e. The summed E-state index contributed by atoms with van der Waals surface area (Å²) in [6.45, 7) is 3.68. The molecule has 3 rings (SSSR count). The van der Waals surface area contributed by atoms with E-state index >= 15 is 0 Å². The van der Waals surface area contributed by atoms with Crippen molar-refractivity contribution < 1.29 is 14.4 Å². The summed E-state index contributed by atoms with van der Waals surface area (Å²) >= 11 is 0. The highest BCUT2D eigenvalue weighted by atomic mass is 16.2. The Kier molecular flexibility index (Phi) is 7.62. The van der Waals surface area contributed by atoms with E-state index < -0.39 is 0 Å². The van der Waals surface area contributed by atoms with Crippen LogP contribution in [0.4, 0.5) is 0 Å². The normalized spacial score (nSPS) is 18.7. The lowest BCUT2D eigenvalue weighted by atomic mass is 9.84. The molecule has 5 heteroatoms. The first-order valence-corrected chi connectivity index (χ1v) is 10.9. The summed E-state index contributed by atoms with van der Waals surface area (Å²) in [5.74, 6) is 0.722. The van der Waals surface area contributed by atoms with Crippen LogP contribution >= 0.6 is 0 Å². The molecule has 2 aliphatic rings. The molecular weight excluding hydrogens is 364 g/mol. The number of amides is 2. The molecular formula is C24H32N2O3. The fourth-order valence-electron chi connectivity index (χ4n) is 4.36. The lowest BCUT2D eigenvalue weighted by molar-refractivity contribution is -0.130. The Morgan fingerprint density at radius 3 is 2.24 bits per heavy atom. The van der Waals surface area contributed by atoms with Crippen LogP contribution in [-0.2, 0) is 9.59 Å². The van der Waals surface area contributed by atoms with E-state index in [1.807, 2.05) is 17.0 Å². The standard InChI is InChI=1S/C24H32N2O3/c1-18(27)26-15-13-19(14-16-26)17-25-24(29)12-11-23(28)22-9-7-21(8-10-22)20-5-3-2-4-6-20/h7-12,19-20H,2-6,13-17H2,1H3,(H,25,29)/b12-11+. The monoisotopic (exact) mass is 396 g/mol. The molecule has 0 radical (unpaired) electrons. The van der Waals surface area contributed by atoms with Crippen molar-refractivity contribution in [2.75, 3.05) is 19.6 Å². The number of nitrogens with one attached hydrogen (secondary N) is 1. The van der Waals surface area contributed by atoms with Gasteiger partial charge in [-0.1, -0.05) is 43.5 Å². The molecule has 2 fully saturated rings. The highest BCUT2D eigenvalue weighted by Gasteiger charge is 2.20. The zero-order valence-corrected chi connectivity index (χ0v) is 17.4. The van der Waals surface area contributed by atoms with Gasteiger partial charge in [-0.05, 0) is 49.2 Å². The van der Waals surface area contributed by atoms with Crippen molar-refractivity contribution in [3.8, 4) is 0 Å². The SMILES string of the molecule is CC(=O)N1CCC(CNC(=O)/C=C/C(=O)c2ccc(C3CCCCC3)cc2)CC1. The Hall–Kier alpha value is -2.43. The predicted octanol–water partition coefficient (Wildman–Crippen LogP) is 3.85. The first-order chi connectivity index (χ1) is 14.0. The summed E-state index contributed by atoms with van der Waals surface area (Å²) in [5, 5.41) is 2.87. The first-order valence-electron chi connectivity index (χ1n) is 10.9. The highest BCUT2D eigenvalue weighted by Crippen LogP contribution is 2.32. The third-order valence-electron chi connectivity index (χ3n) is 6.28. The topological polar surface area (TPSA) is 66.5 Å². The average Bonchev–Trinajstić information content (AvgIpc) is 2.77. The van der Waals surface area contributed by atoms with Crippen molar-refractivity contribution in [1.82, 2.24) is 10.2 Å². The number of piperidine rings is 1. The van der Waals surface area contributed by atoms with Gasteiger partial charge in [-0.25, -0.2) is 0 Å². The van der Waals surface area contributed by atoms with E-state index in [4.69, 9.17) is 0 Å². The minimum Gasteiger partial charge on any atom is -0.352 e. The maximum Gasteiger partial charge on any atom is 0.244 e. The van der Waals surface area contributed by atoms with Crippen molar-refractivity contribution in [1.29, 1.82) is 0 Å². The Labute approximate surface area is 173 Å². The van der Waals surface area contributed by atoms with E-state index in [2.05, 4.69) is 17.4 Å². The molecule has 0 aromatic heterocycles. The van der Waals surface area contributed by atoms with Crippen molar-refractivity contribution in [3.63, 3.8) is 0 Å². The van der Waals surface area contributed by atoms with Gasteiger partial charge >= 0.3 is 0 Å². The minimum absolute atomic E-state index is 0.112. The molecule has 1 aromatic carbocycles. The molecule has 1 aliphatic heterocycles. The number of hydrogen-bond donors (Lipinski definition) is 1. The molecule has 1 N–H and O–H groups in total. The molecule has 1 saturated heterocycles. The Morgan fingerprint density at radius 1 is 0.966 bits per heavy atom. The largest absolute Gasteiger partial charge is 0.352 e. The molecule has 29 heavy (non-hydrogen) atoms. The van der Waals surface area contributed by atoms with Gasteiger partial charge in [0, 0.05) is 38.2 Å². The summed E-state index contributed by atoms with van der Waals surface area (Å²) in [5.41, 5.74) is 1.93. The quantitative estimate of drug-likeness (QED) is 0.587. The van der Waals surface area contributed by atoms with Crippen LogP contribution in [0, 0.1) is 5.92 Å². The molecule has 2 amide bonds. The summed E-state index contributed by atoms with van der Waals surface area (Å²) in [7, 11) is 0. The predicted molar refractivity (Wildman–Crippen MR) is 114 cm³/mol. The van der Waals surface area contributed by atoms with Gasteiger partial charge in [0.25, 0.3) is 0 Å². The third-order valence-corrected chi connectivity index (χ3v) is 6.28. The van der Waals surface area contributed by atoms with Crippen molar-refractivity contribution in [2.45, 2.75) is 57.8 Å². The van der Waals surface area contributed by atoms with Crippen molar-refractivity contribution in [2.24, 2.45) is 5.92 Å². The van der Waals surface area contributed by atoms with Gasteiger partial charge in [0.2, 0.25) is 11.8 Å². The van der Waals surface area contributed by atoms with Crippen LogP contribution in [0.25, 0.3) is 0 Å². The third kappa shape index (κ3) is 6.28. The van der Waals surface area contributed by atoms with Gasteiger partial charge in [0.1, 0.15) is 0 Å². The van der Waals surface area contributed by atoms with Crippen LogP contribution in [0.3, 0.4) is 0 Å². The van der Waals surface area contributed by atoms with E-state index in [1.54, 1.807) is 6.92 Å². The Bertz CT molecular complexity index is 740. The van der Waals surface area contributed by atoms with E-state index in [1.165, 1.54) is 49.8 Å². The molecule has 0 unspecified atom stereocenters. The molecule has 0 atom stereocenters. The second-order valence-corrected chi connectivity index (χ2v) is 8.35. The fourth-order valence-corrected chi connectivity index (χ4v) is 4.36. The summed E-state index contributed by atoms with van der Waals surface area (Å²) in [6, 6.07) is 7.86. The zero-order valence-electron chi connectivity index (χ0n) is 17.4. The van der Waals surface area contributed by atoms with Crippen molar-refractivity contribution >= 4 is 17.6 Å². The molecule has 1 aliphatic carbocycles. The Morgan fingerprint density at radius 2 is 1.62 bits per heavy atom. The maximum atomic E-state index is 12.3.